The molecular weight excluding hydrogens is 258 g/mol. The summed E-state index contributed by atoms with van der Waals surface area (Å²) in [5.41, 5.74) is 10.1. The Morgan fingerprint density at radius 3 is 2.14 bits per heavy atom. The van der Waals surface area contributed by atoms with E-state index in [9.17, 15) is 0 Å². The first-order valence-corrected chi connectivity index (χ1v) is 7.04. The number of rotatable bonds is 4. The van der Waals surface area contributed by atoms with Crippen molar-refractivity contribution in [2.24, 2.45) is 0 Å². The van der Waals surface area contributed by atoms with Gasteiger partial charge in [-0.25, -0.2) is 9.97 Å². The van der Waals surface area contributed by atoms with Crippen molar-refractivity contribution < 1.29 is 0 Å². The zero-order chi connectivity index (χ0) is 14.5. The zero-order valence-electron chi connectivity index (χ0n) is 11.7. The summed E-state index contributed by atoms with van der Waals surface area (Å²) in [7, 11) is 0. The topological polar surface area (TPSA) is 51.8 Å². The number of benzene rings is 2. The lowest BCUT2D eigenvalue weighted by Gasteiger charge is -2.06. The number of hydrogen-bond donors (Lipinski definition) is 1. The second-order valence-corrected chi connectivity index (χ2v) is 4.95. The highest BCUT2D eigenvalue weighted by atomic mass is 15.0. The average Bonchev–Trinajstić information content (AvgIpc) is 2.54. The van der Waals surface area contributed by atoms with Crippen molar-refractivity contribution in [3.8, 4) is 11.3 Å². The molecule has 1 aromatic heterocycles. The highest BCUT2D eigenvalue weighted by Gasteiger charge is 2.05. The molecule has 21 heavy (non-hydrogen) atoms. The summed E-state index contributed by atoms with van der Waals surface area (Å²) in [4.78, 5) is 8.67. The molecule has 0 fully saturated rings. The van der Waals surface area contributed by atoms with Crippen molar-refractivity contribution in [3.63, 3.8) is 0 Å². The summed E-state index contributed by atoms with van der Waals surface area (Å²) in [6.45, 7) is 0. The Morgan fingerprint density at radius 2 is 1.43 bits per heavy atom. The lowest BCUT2D eigenvalue weighted by Crippen LogP contribution is -2.02. The van der Waals surface area contributed by atoms with Gasteiger partial charge in [0.1, 0.15) is 0 Å². The van der Waals surface area contributed by atoms with Crippen LogP contribution in [0, 0.1) is 0 Å². The van der Waals surface area contributed by atoms with Gasteiger partial charge in [0, 0.05) is 11.3 Å². The van der Waals surface area contributed by atoms with Gasteiger partial charge in [0.2, 0.25) is 5.95 Å². The molecule has 0 radical (unpaired) electrons. The lowest BCUT2D eigenvalue weighted by molar-refractivity contribution is 0.907. The molecule has 0 unspecified atom stereocenters. The minimum Gasteiger partial charge on any atom is -0.368 e. The maximum absolute atomic E-state index is 5.84. The van der Waals surface area contributed by atoms with Crippen LogP contribution in [0.4, 0.5) is 5.95 Å². The van der Waals surface area contributed by atoms with Crippen LogP contribution >= 0.6 is 0 Å². The number of aromatic nitrogens is 2. The number of nitrogen functional groups attached to an aromatic ring is 1. The predicted molar refractivity (Wildman–Crippen MR) is 85.7 cm³/mol. The number of nitrogens with zero attached hydrogens (tertiary/aromatic N) is 2. The summed E-state index contributed by atoms with van der Waals surface area (Å²) in [5, 5.41) is 0. The fourth-order valence-corrected chi connectivity index (χ4v) is 2.32. The van der Waals surface area contributed by atoms with Gasteiger partial charge in [-0.1, -0.05) is 60.7 Å². The second-order valence-electron chi connectivity index (χ2n) is 4.95. The van der Waals surface area contributed by atoms with E-state index in [1.54, 1.807) is 0 Å². The Balaban J connectivity index is 1.82. The molecule has 2 N–H and O–H groups in total. The quantitative estimate of drug-likeness (QED) is 0.792. The molecule has 3 aromatic rings. The predicted octanol–water partition coefficient (Wildman–Crippen LogP) is 3.51. The Bertz CT molecular complexity index is 709. The van der Waals surface area contributed by atoms with Crippen LogP contribution in [0.2, 0.25) is 0 Å². The van der Waals surface area contributed by atoms with Gasteiger partial charge in [-0.3, -0.25) is 0 Å². The molecule has 3 rings (SSSR count). The number of nitrogens with two attached hydrogens (primary N) is 1. The summed E-state index contributed by atoms with van der Waals surface area (Å²) in [5.74, 6) is 0.333. The largest absolute Gasteiger partial charge is 0.368 e. The number of aryl methyl sites for hydroxylation is 2. The summed E-state index contributed by atoms with van der Waals surface area (Å²) >= 11 is 0. The first kappa shape index (κ1) is 13.3. The Hall–Kier alpha value is -2.68. The molecule has 0 aliphatic heterocycles. The minimum absolute atomic E-state index is 0.333. The second kappa shape index (κ2) is 6.18. The third-order valence-corrected chi connectivity index (χ3v) is 3.38. The van der Waals surface area contributed by atoms with E-state index in [-0.39, 0.29) is 0 Å². The van der Waals surface area contributed by atoms with Crippen LogP contribution in [0.3, 0.4) is 0 Å². The monoisotopic (exact) mass is 275 g/mol. The molecule has 0 saturated carbocycles. The first-order valence-electron chi connectivity index (χ1n) is 7.04. The van der Waals surface area contributed by atoms with Gasteiger partial charge < -0.3 is 5.73 Å². The van der Waals surface area contributed by atoms with Crippen LogP contribution in [-0.4, -0.2) is 9.97 Å². The van der Waals surface area contributed by atoms with E-state index in [1.807, 2.05) is 42.5 Å². The summed E-state index contributed by atoms with van der Waals surface area (Å²) in [6.07, 6.45) is 1.81. The van der Waals surface area contributed by atoms with Crippen LogP contribution in [0.1, 0.15) is 11.3 Å². The van der Waals surface area contributed by atoms with Crippen molar-refractivity contribution >= 4 is 5.95 Å². The third kappa shape index (κ3) is 3.45. The molecule has 104 valence electrons. The fraction of sp³-hybridized carbons (Fsp3) is 0.111. The highest BCUT2D eigenvalue weighted by molar-refractivity contribution is 5.60. The molecule has 3 heteroatoms. The van der Waals surface area contributed by atoms with Crippen molar-refractivity contribution in [1.82, 2.24) is 9.97 Å². The third-order valence-electron chi connectivity index (χ3n) is 3.38. The van der Waals surface area contributed by atoms with Crippen molar-refractivity contribution in [1.29, 1.82) is 0 Å². The molecule has 3 nitrogen and oxygen atoms in total. The molecule has 0 atom stereocenters. The van der Waals surface area contributed by atoms with Crippen molar-refractivity contribution in [2.45, 2.75) is 12.8 Å². The Morgan fingerprint density at radius 1 is 0.762 bits per heavy atom. The highest BCUT2D eigenvalue weighted by Crippen LogP contribution is 2.18. The van der Waals surface area contributed by atoms with Crippen LogP contribution in [0.25, 0.3) is 11.3 Å². The van der Waals surface area contributed by atoms with E-state index in [0.717, 1.165) is 29.8 Å². The van der Waals surface area contributed by atoms with Gasteiger partial charge in [0.25, 0.3) is 0 Å². The van der Waals surface area contributed by atoms with E-state index in [0.29, 0.717) is 5.95 Å². The van der Waals surface area contributed by atoms with Gasteiger partial charge in [-0.05, 0) is 24.5 Å². The van der Waals surface area contributed by atoms with Gasteiger partial charge in [-0.2, -0.15) is 0 Å². The van der Waals surface area contributed by atoms with Gasteiger partial charge in [-0.15, -0.1) is 0 Å². The van der Waals surface area contributed by atoms with Crippen LogP contribution < -0.4 is 5.73 Å². The van der Waals surface area contributed by atoms with E-state index < -0.39 is 0 Å². The minimum atomic E-state index is 0.333. The fourth-order valence-electron chi connectivity index (χ4n) is 2.32. The van der Waals surface area contributed by atoms with Crippen molar-refractivity contribution in [2.75, 3.05) is 5.73 Å². The van der Waals surface area contributed by atoms with Gasteiger partial charge in [0.05, 0.1) is 5.69 Å². The van der Waals surface area contributed by atoms with E-state index in [4.69, 9.17) is 5.73 Å². The van der Waals surface area contributed by atoms with E-state index in [1.165, 1.54) is 5.56 Å². The summed E-state index contributed by atoms with van der Waals surface area (Å²) in [6, 6.07) is 22.5. The molecule has 0 saturated heterocycles. The Kier molecular flexibility index (Phi) is 3.92. The molecule has 1 heterocycles. The maximum atomic E-state index is 5.84. The Labute approximate surface area is 124 Å². The standard InChI is InChI=1S/C18H17N3/c19-18-20-16(12-11-14-7-3-1-4-8-14)13-17(21-18)15-9-5-2-6-10-15/h1-10,13H,11-12H2,(H2,19,20,21). The molecule has 2 aromatic carbocycles. The molecule has 0 spiro atoms. The van der Waals surface area contributed by atoms with Crippen LogP contribution in [-0.2, 0) is 12.8 Å². The molecule has 0 aliphatic carbocycles. The van der Waals surface area contributed by atoms with Crippen LogP contribution in [0.15, 0.2) is 66.7 Å². The SMILES string of the molecule is Nc1nc(CCc2ccccc2)cc(-c2ccccc2)n1. The maximum Gasteiger partial charge on any atom is 0.220 e. The van der Waals surface area contributed by atoms with Crippen LogP contribution in [0.5, 0.6) is 0 Å². The summed E-state index contributed by atoms with van der Waals surface area (Å²) < 4.78 is 0. The normalized spacial score (nSPS) is 10.5. The molecule has 0 amide bonds. The van der Waals surface area contributed by atoms with E-state index >= 15 is 0 Å². The molecule has 0 bridgehead atoms. The smallest absolute Gasteiger partial charge is 0.220 e. The molecule has 0 aliphatic rings. The first-order chi connectivity index (χ1) is 10.3. The van der Waals surface area contributed by atoms with Gasteiger partial charge in [0.15, 0.2) is 0 Å². The zero-order valence-corrected chi connectivity index (χ0v) is 11.7. The van der Waals surface area contributed by atoms with E-state index in [2.05, 4.69) is 34.2 Å². The van der Waals surface area contributed by atoms with Gasteiger partial charge >= 0.3 is 0 Å². The number of hydrogen-bond acceptors (Lipinski definition) is 3. The molecular formula is C18H17N3. The lowest BCUT2D eigenvalue weighted by atomic mass is 10.1. The number of anilines is 1. The average molecular weight is 275 g/mol. The van der Waals surface area contributed by atoms with Crippen molar-refractivity contribution in [3.05, 3.63) is 78.0 Å².